The van der Waals surface area contributed by atoms with Crippen molar-refractivity contribution in [3.63, 3.8) is 0 Å². The third kappa shape index (κ3) is 29.0. The number of ether oxygens (including phenoxy) is 5. The van der Waals surface area contributed by atoms with Crippen molar-refractivity contribution < 1.29 is 55.3 Å². The normalized spacial score (nSPS) is 13.9. The quantitative estimate of drug-likeness (QED) is 0.0108. The highest BCUT2D eigenvalue weighted by atomic mass is 35.5. The van der Waals surface area contributed by atoms with Gasteiger partial charge >= 0.3 is 5.69 Å². The number of rotatable bonds is 33. The van der Waals surface area contributed by atoms with E-state index in [4.69, 9.17) is 58.5 Å². The lowest BCUT2D eigenvalue weighted by Gasteiger charge is -2.42. The Labute approximate surface area is 853 Å². The van der Waals surface area contributed by atoms with Gasteiger partial charge in [-0.2, -0.15) is 19.9 Å². The average molecular weight is 2120 g/mol. The highest BCUT2D eigenvalue weighted by molar-refractivity contribution is 7.92. The van der Waals surface area contributed by atoms with Crippen LogP contribution in [0, 0.1) is 10.1 Å². The lowest BCUT2D eigenvalue weighted by Crippen LogP contribution is -2.52. The third-order valence-electron chi connectivity index (χ3n) is 23.5. The van der Waals surface area contributed by atoms with Crippen molar-refractivity contribution in [3.05, 3.63) is 238 Å². The Balaban J connectivity index is 0.000000161. The fourth-order valence-corrected chi connectivity index (χ4v) is 21.7. The van der Waals surface area contributed by atoms with E-state index in [9.17, 15) is 36.8 Å². The highest BCUT2D eigenvalue weighted by Gasteiger charge is 2.31. The number of aromatic nitrogens is 11. The van der Waals surface area contributed by atoms with E-state index in [1.807, 2.05) is 66.7 Å². The van der Waals surface area contributed by atoms with Gasteiger partial charge in [-0.3, -0.25) is 20.0 Å². The summed E-state index contributed by atoms with van der Waals surface area (Å²) in [7, 11) is -3.00. The van der Waals surface area contributed by atoms with Gasteiger partial charge in [-0.1, -0.05) is 83.3 Å². The molecule has 0 radical (unpaired) electrons. The summed E-state index contributed by atoms with van der Waals surface area (Å²) in [6, 6.07) is 47.8. The molecule has 7 aromatic carbocycles. The number of pyridine rings is 1. The van der Waals surface area contributed by atoms with Gasteiger partial charge in [-0.25, -0.2) is 38.3 Å². The second kappa shape index (κ2) is 48.7. The fourth-order valence-electron chi connectivity index (χ4n) is 15.7. The summed E-state index contributed by atoms with van der Waals surface area (Å²) < 4.78 is 104. The van der Waals surface area contributed by atoms with Gasteiger partial charge in [0, 0.05) is 147 Å². The van der Waals surface area contributed by atoms with Gasteiger partial charge in [0.05, 0.1) is 108 Å². The number of halogens is 3. The molecule has 46 heteroatoms. The molecule has 0 aliphatic carbocycles. The van der Waals surface area contributed by atoms with Crippen LogP contribution in [0.4, 0.5) is 104 Å². The Kier molecular flexibility index (Phi) is 36.6. The Morgan fingerprint density at radius 2 is 0.875 bits per heavy atom. The first-order valence-corrected chi connectivity index (χ1v) is 58.9. The molecule has 0 spiro atoms. The minimum Gasteiger partial charge on any atom is -0.495 e. The van der Waals surface area contributed by atoms with E-state index < -0.39 is 54.3 Å². The molecule has 3 fully saturated rings. The summed E-state index contributed by atoms with van der Waals surface area (Å²) in [6.07, 6.45) is 14.2. The lowest BCUT2D eigenvalue weighted by atomic mass is 10.0. The number of anilines is 17. The molecule has 3 saturated heterocycles. The van der Waals surface area contributed by atoms with Gasteiger partial charge in [0.15, 0.2) is 27.3 Å². The smallest absolute Gasteiger partial charge is 0.329 e. The molecule has 13 aromatic rings. The first kappa shape index (κ1) is 108. The van der Waals surface area contributed by atoms with Crippen molar-refractivity contribution in [1.29, 1.82) is 0 Å². The summed E-state index contributed by atoms with van der Waals surface area (Å²) in [5.74, 6) is 5.40. The Hall–Kier alpha value is -12.9. The third-order valence-corrected chi connectivity index (χ3v) is 32.8. The number of hydrogen-bond donors (Lipinski definition) is 8. The molecule has 8 N–H and O–H groups in total. The van der Waals surface area contributed by atoms with E-state index in [1.165, 1.54) is 63.9 Å². The number of piperidine rings is 1. The molecule has 0 unspecified atom stereocenters. The van der Waals surface area contributed by atoms with Crippen LogP contribution in [0.15, 0.2) is 212 Å². The van der Waals surface area contributed by atoms with E-state index in [0.29, 0.717) is 130 Å². The van der Waals surface area contributed by atoms with Crippen LogP contribution in [0.25, 0.3) is 0 Å². The number of piperazine rings is 2. The molecule has 0 bridgehead atoms. The van der Waals surface area contributed by atoms with Crippen molar-refractivity contribution in [2.24, 2.45) is 0 Å². The molecule has 0 atom stereocenters. The van der Waals surface area contributed by atoms with Crippen molar-refractivity contribution in [3.8, 4) is 34.6 Å². The van der Waals surface area contributed by atoms with Gasteiger partial charge < -0.3 is 104 Å². The van der Waals surface area contributed by atoms with E-state index >= 15 is 0 Å². The van der Waals surface area contributed by atoms with Crippen LogP contribution >= 0.6 is 63.4 Å². The lowest BCUT2D eigenvalue weighted by molar-refractivity contribution is -0.384. The molecule has 6 aromatic heterocycles. The van der Waals surface area contributed by atoms with Gasteiger partial charge in [-0.05, 0) is 185 Å². The van der Waals surface area contributed by atoms with Crippen molar-refractivity contribution in [2.45, 2.75) is 49.4 Å². The summed E-state index contributed by atoms with van der Waals surface area (Å²) in [6.45, 7) is 28.0. The van der Waals surface area contributed by atoms with Gasteiger partial charge in [0.1, 0.15) is 84.9 Å². The van der Waals surface area contributed by atoms with Crippen LogP contribution in [0.3, 0.4) is 0 Å². The zero-order valence-corrected chi connectivity index (χ0v) is 89.4. The van der Waals surface area contributed by atoms with E-state index in [1.54, 1.807) is 174 Å². The van der Waals surface area contributed by atoms with Crippen LogP contribution in [0.2, 0.25) is 15.1 Å². The second-order valence-electron chi connectivity index (χ2n) is 35.6. The largest absolute Gasteiger partial charge is 0.495 e. The van der Waals surface area contributed by atoms with Crippen LogP contribution in [0.5, 0.6) is 34.6 Å². The maximum atomic E-state index is 12.8. The van der Waals surface area contributed by atoms with E-state index in [2.05, 4.69) is 154 Å². The fraction of sp³-hybridized carbons (Fsp3) is 0.316. The molecule has 144 heavy (non-hydrogen) atoms. The second-order valence-corrected chi connectivity index (χ2v) is 52.1. The van der Waals surface area contributed by atoms with Gasteiger partial charge in [0.2, 0.25) is 35.5 Å². The maximum absolute atomic E-state index is 12.8. The van der Waals surface area contributed by atoms with Crippen molar-refractivity contribution >= 4 is 198 Å². The minimum absolute atomic E-state index is 0.00163. The number of nitrogens with zero attached hydrogens (tertiary/aromatic N) is 17. The molecular weight excluding hydrogens is 2000 g/mol. The van der Waals surface area contributed by atoms with Crippen LogP contribution in [-0.4, -0.2) is 255 Å². The first-order valence-electron chi connectivity index (χ1n) is 45.8. The van der Waals surface area contributed by atoms with E-state index in [-0.39, 0.29) is 22.3 Å². The number of nitrogens with one attached hydrogen (secondary N) is 8. The molecular formula is C98H118Cl3N25O13P4S. The van der Waals surface area contributed by atoms with Crippen LogP contribution in [-0.2, 0) is 34.6 Å². The highest BCUT2D eigenvalue weighted by Crippen LogP contribution is 2.45. The minimum atomic E-state index is -3.68. The predicted octanol–water partition coefficient (Wildman–Crippen LogP) is 18.7. The Morgan fingerprint density at radius 1 is 0.438 bits per heavy atom. The molecule has 9 heterocycles. The number of methoxy groups -OCH3 is 4. The van der Waals surface area contributed by atoms with Gasteiger partial charge in [0.25, 0.3) is 0 Å². The Bertz CT molecular complexity index is 7020. The zero-order valence-electron chi connectivity index (χ0n) is 82.7. The summed E-state index contributed by atoms with van der Waals surface area (Å²) in [5.41, 5.74) is 6.80. The number of sulfone groups is 1. The van der Waals surface area contributed by atoms with E-state index in [0.717, 1.165) is 97.9 Å². The standard InChI is InChI=1S/C30H41ClN7O2P.C23H29ClN7O2P.C23H22ClN6O3P.C22H26N5O6PS/c1-36-15-17-38(18-16-36)23-11-13-37(14-12-23)24-9-10-26(27(19-24)40-2)34-30-33-21-25(31)29(35-30)32-20-22-7-5-6-8-28(22)41(3,4)39;1-30-9-11-31(12-10-30)16-5-6-18(20(13-16)33-2)28-23-26-14-17(24)22(29-23)27-19-15-25-8-7-21(19)34(3,4)32;1-32-19-12-15(33-21-10-11-25-14-27-21)8-9-17(19)29-23-26-13-16(24)22(30-23)28-18-6-4-5-7-20(18)34(2,3)31;1-14(2)35(31,32)20-9-7-6-8-17(20)24-21-18(27(28)29)13-23-22(26-21)25-16-11-10-15(34(4,5)30)12-19(16)33-3/h5-10,19,21,23H,11-18,20H2,1-4H3,(H2,32,33,34,35);5-8,13-15H,9-12H2,1-4H3,(H2,26,27,28,29);4-14H,1-3H3,(H2,26,28,29,30);6-14H,1-5H3,(H2,23,24,25,26). The summed E-state index contributed by atoms with van der Waals surface area (Å²) in [5, 5.41) is 39.8. The molecule has 3 aliphatic rings. The Morgan fingerprint density at radius 3 is 1.40 bits per heavy atom. The van der Waals surface area contributed by atoms with Gasteiger partial charge in [-0.15, -0.1) is 0 Å². The van der Waals surface area contributed by atoms with Crippen molar-refractivity contribution in [2.75, 3.05) is 214 Å². The molecule has 760 valence electrons. The molecule has 0 amide bonds. The maximum Gasteiger partial charge on any atom is 0.329 e. The summed E-state index contributed by atoms with van der Waals surface area (Å²) >= 11 is 19.1. The number of nitro groups is 1. The average Bonchev–Trinajstić information content (AvgIpc) is 0.788. The number of hydrogen-bond acceptors (Lipinski definition) is 37. The first-order chi connectivity index (χ1) is 68.6. The molecule has 0 saturated carbocycles. The topological polar surface area (TPSA) is 446 Å². The number of benzene rings is 7. The molecule has 3 aliphatic heterocycles. The SMILES string of the molecule is COc1cc(N2CCC(N3CCN(C)CC3)CC2)ccc1Nc1ncc(Cl)c(NCc2ccccc2P(C)(C)=O)n1.COc1cc(N2CCN(C)CC2)ccc1Nc1ncc(Cl)c(Nc2cnccc2P(C)(C)=O)n1.COc1cc(Oc2ccncn2)ccc1Nc1ncc(Cl)c(Nc2ccccc2P(C)(C)=O)n1.COc1cc(P(C)(C)=O)ccc1Nc1ncc([N+](=O)[O-])c(Nc2ccccc2S(=O)(=O)C(C)C)n1. The monoisotopic (exact) mass is 2110 g/mol. The number of likely N-dealkylation sites (N-methyl/N-ethyl adjacent to an activating group) is 2. The van der Waals surface area contributed by atoms with Crippen LogP contribution in [0.1, 0.15) is 32.3 Å². The zero-order chi connectivity index (χ0) is 103. The van der Waals surface area contributed by atoms with Crippen LogP contribution < -0.4 is 97.2 Å². The summed E-state index contributed by atoms with van der Waals surface area (Å²) in [4.78, 5) is 70.0. The number of para-hydroxylation sites is 2. The molecule has 38 nitrogen and oxygen atoms in total. The van der Waals surface area contributed by atoms with Crippen molar-refractivity contribution in [1.82, 2.24) is 69.5 Å². The predicted molar refractivity (Wildman–Crippen MR) is 580 cm³/mol. The molecule has 16 rings (SSSR count).